The third-order valence-electron chi connectivity index (χ3n) is 14.9. The first-order valence-electron chi connectivity index (χ1n) is 26.4. The number of aryl methyl sites for hydroxylation is 1. The van der Waals surface area contributed by atoms with E-state index in [4.69, 9.17) is 19.2 Å². The van der Waals surface area contributed by atoms with Gasteiger partial charge in [-0.1, -0.05) is 44.2 Å². The number of aliphatic hydroxyl groups is 1. The average Bonchev–Trinajstić information content (AvgIpc) is 4.06. The minimum atomic E-state index is -2.06. The Kier molecular flexibility index (Phi) is 18.0. The van der Waals surface area contributed by atoms with Crippen LogP contribution < -0.4 is 26.8 Å². The van der Waals surface area contributed by atoms with Crippen molar-refractivity contribution in [3.63, 3.8) is 0 Å². The van der Waals surface area contributed by atoms with Gasteiger partial charge in [0.05, 0.1) is 74.6 Å². The Morgan fingerprint density at radius 2 is 1.62 bits per heavy atom. The molecule has 5 heterocycles. The molecule has 2 aromatic carbocycles. The van der Waals surface area contributed by atoms with E-state index in [1.54, 1.807) is 51.1 Å². The molecule has 21 nitrogen and oxygen atoms in total. The molecular weight excluding hydrogens is 1010 g/mol. The van der Waals surface area contributed by atoms with E-state index >= 15 is 4.39 Å². The third-order valence-corrected chi connectivity index (χ3v) is 14.9. The summed E-state index contributed by atoms with van der Waals surface area (Å²) < 4.78 is 33.0. The van der Waals surface area contributed by atoms with Crippen LogP contribution in [0.2, 0.25) is 0 Å². The second kappa shape index (κ2) is 24.8. The lowest BCUT2D eigenvalue weighted by Gasteiger charge is -2.31. The fourth-order valence-electron chi connectivity index (χ4n) is 10.6. The molecular formula is C56H64FN7O14. The molecule has 8 rings (SSSR count). The largest absolute Gasteiger partial charge is 0.458 e. The van der Waals surface area contributed by atoms with Gasteiger partial charge in [-0.15, -0.1) is 0 Å². The molecule has 6 amide bonds. The lowest BCUT2D eigenvalue weighted by atomic mass is 9.81. The highest BCUT2D eigenvalue weighted by Gasteiger charge is 2.46. The zero-order chi connectivity index (χ0) is 55.8. The van der Waals surface area contributed by atoms with Crippen molar-refractivity contribution in [2.45, 2.75) is 110 Å². The van der Waals surface area contributed by atoms with Crippen molar-refractivity contribution in [1.82, 2.24) is 35.7 Å². The minimum Gasteiger partial charge on any atom is -0.458 e. The van der Waals surface area contributed by atoms with Crippen LogP contribution in [0.5, 0.6) is 0 Å². The number of Topliss-reactive ketones (excluding diaryl/α,β-unsaturated/α-hetero) is 2. The zero-order valence-corrected chi connectivity index (χ0v) is 43.9. The number of ketones is 2. The van der Waals surface area contributed by atoms with Gasteiger partial charge < -0.3 is 45.2 Å². The molecule has 22 heteroatoms. The number of hydrogen-bond acceptors (Lipinski definition) is 15. The van der Waals surface area contributed by atoms with E-state index in [0.29, 0.717) is 51.8 Å². The number of likely N-dealkylation sites (tertiary alicyclic amines) is 1. The number of benzene rings is 2. The van der Waals surface area contributed by atoms with Gasteiger partial charge in [-0.25, -0.2) is 14.2 Å². The molecule has 0 saturated carbocycles. The molecule has 1 unspecified atom stereocenters. The lowest BCUT2D eigenvalue weighted by Crippen LogP contribution is -2.44. The monoisotopic (exact) mass is 1080 g/mol. The summed E-state index contributed by atoms with van der Waals surface area (Å²) >= 11 is 0. The molecule has 1 saturated heterocycles. The van der Waals surface area contributed by atoms with E-state index < -0.39 is 65.0 Å². The van der Waals surface area contributed by atoms with Crippen molar-refractivity contribution in [3.8, 4) is 11.4 Å². The molecule has 414 valence electrons. The fourth-order valence-corrected chi connectivity index (χ4v) is 10.6. The number of ether oxygens (including phenoxy) is 3. The SMILES string of the molecule is CC[C@@]1(O)C(=O)OCc2c1cc1n(c2=O)Cc2c-1nc1cc(F)c(C)c3c1c2[C@@H](NC(=O)CNC(=O)[C@@H](CC(=O)CNC(=O)CCC(=O)CCOCCOCCNC(=O)CCN1C(=O)CC(C)C1=O)Cc1ccccc1)CC3. The standard InChI is InChI=1S/C56H64FN7O14/c1-4-56(75)40-25-44-51-38(29-64(44)54(73)39(40)30-78-55(56)74)50-42(12-11-37-32(3)41(57)26-43(62-51)49(37)50)61-47(69)28-60-52(71)34(23-33-8-6-5-7-9-33)24-36(66)27-59-45(67)13-10-35(65)15-18-76-20-21-77-19-16-58-46(68)14-17-63-48(70)22-31(2)53(63)72/h5-9,25-26,31,34,42,75H,4,10-24,27-30H2,1-3H3,(H,58,68)(H,59,67)(H,60,71)(H,61,69)/t31?,34-,42+,56+/m1/s1. The van der Waals surface area contributed by atoms with Crippen LogP contribution in [0, 0.1) is 24.6 Å². The number of halogens is 1. The van der Waals surface area contributed by atoms with Crippen LogP contribution in [0.25, 0.3) is 22.3 Å². The van der Waals surface area contributed by atoms with Crippen LogP contribution in [0.15, 0.2) is 47.3 Å². The molecule has 0 spiro atoms. The molecule has 1 fully saturated rings. The number of esters is 1. The predicted octanol–water partition coefficient (Wildman–Crippen LogP) is 2.36. The summed E-state index contributed by atoms with van der Waals surface area (Å²) in [6.45, 7) is 4.78. The summed E-state index contributed by atoms with van der Waals surface area (Å²) in [5.74, 6) is -5.81. The number of cyclic esters (lactones) is 1. The fraction of sp³-hybridized carbons (Fsp3) is 0.482. The first-order chi connectivity index (χ1) is 37.4. The second-order valence-electron chi connectivity index (χ2n) is 20.2. The van der Waals surface area contributed by atoms with E-state index in [1.807, 2.05) is 6.07 Å². The van der Waals surface area contributed by atoms with Crippen molar-refractivity contribution in [2.75, 3.05) is 52.6 Å². The second-order valence-corrected chi connectivity index (χ2v) is 20.2. The number of rotatable bonds is 26. The van der Waals surface area contributed by atoms with Crippen LogP contribution in [0.4, 0.5) is 4.39 Å². The Morgan fingerprint density at radius 1 is 0.872 bits per heavy atom. The lowest BCUT2D eigenvalue weighted by molar-refractivity contribution is -0.172. The van der Waals surface area contributed by atoms with Crippen LogP contribution in [-0.2, 0) is 89.0 Å². The first kappa shape index (κ1) is 56.6. The van der Waals surface area contributed by atoms with E-state index in [9.17, 15) is 53.1 Å². The number of carbonyl (C=O) groups is 9. The molecule has 5 N–H and O–H groups in total. The van der Waals surface area contributed by atoms with Crippen LogP contribution >= 0.6 is 0 Å². The summed E-state index contributed by atoms with van der Waals surface area (Å²) in [4.78, 5) is 135. The first-order valence-corrected chi connectivity index (χ1v) is 26.4. The van der Waals surface area contributed by atoms with Crippen molar-refractivity contribution in [1.29, 1.82) is 0 Å². The number of fused-ring (bicyclic) bond motifs is 5. The van der Waals surface area contributed by atoms with Gasteiger partial charge in [0.15, 0.2) is 11.4 Å². The van der Waals surface area contributed by atoms with E-state index in [0.717, 1.165) is 16.0 Å². The van der Waals surface area contributed by atoms with Gasteiger partial charge in [-0.3, -0.25) is 48.1 Å². The van der Waals surface area contributed by atoms with Crippen molar-refractivity contribution in [3.05, 3.63) is 97.6 Å². The maximum absolute atomic E-state index is 15.5. The molecule has 1 aliphatic carbocycles. The quantitative estimate of drug-likeness (QED) is 0.0302. The van der Waals surface area contributed by atoms with Gasteiger partial charge in [0, 0.05) is 86.0 Å². The normalized spacial score (nSPS) is 18.4. The Morgan fingerprint density at radius 3 is 2.35 bits per heavy atom. The Balaban J connectivity index is 0.795. The third kappa shape index (κ3) is 12.6. The predicted molar refractivity (Wildman–Crippen MR) is 276 cm³/mol. The molecule has 78 heavy (non-hydrogen) atoms. The topological polar surface area (TPSA) is 288 Å². The van der Waals surface area contributed by atoms with E-state index in [1.165, 1.54) is 10.6 Å². The molecule has 4 atom stereocenters. The van der Waals surface area contributed by atoms with Gasteiger partial charge >= 0.3 is 5.97 Å². The smallest absolute Gasteiger partial charge is 0.343 e. The number of hydrogen-bond donors (Lipinski definition) is 5. The van der Waals surface area contributed by atoms with Gasteiger partial charge in [-0.2, -0.15) is 0 Å². The zero-order valence-electron chi connectivity index (χ0n) is 43.9. The Labute approximate surface area is 448 Å². The maximum Gasteiger partial charge on any atom is 0.343 e. The highest BCUT2D eigenvalue weighted by atomic mass is 19.1. The Hall–Kier alpha value is -7.56. The number of aromatic nitrogens is 2. The number of imide groups is 1. The van der Waals surface area contributed by atoms with Crippen LogP contribution in [0.3, 0.4) is 0 Å². The van der Waals surface area contributed by atoms with Crippen molar-refractivity contribution < 1.29 is 66.9 Å². The highest BCUT2D eigenvalue weighted by molar-refractivity contribution is 6.03. The summed E-state index contributed by atoms with van der Waals surface area (Å²) in [7, 11) is 0. The van der Waals surface area contributed by atoms with Gasteiger partial charge in [0.2, 0.25) is 35.4 Å². The number of nitrogens with zero attached hydrogens (tertiary/aromatic N) is 3. The van der Waals surface area contributed by atoms with E-state index in [2.05, 4.69) is 21.3 Å². The number of pyridine rings is 2. The summed E-state index contributed by atoms with van der Waals surface area (Å²) in [5.41, 5.74) is 1.87. The summed E-state index contributed by atoms with van der Waals surface area (Å²) in [6.07, 6.45) is 0.527. The number of nitrogens with one attached hydrogen (secondary N) is 4. The molecule has 0 bridgehead atoms. The van der Waals surface area contributed by atoms with Gasteiger partial charge in [0.1, 0.15) is 18.2 Å². The van der Waals surface area contributed by atoms with Crippen molar-refractivity contribution >= 4 is 63.9 Å². The van der Waals surface area contributed by atoms with Crippen molar-refractivity contribution in [2.24, 2.45) is 11.8 Å². The maximum atomic E-state index is 15.5. The molecule has 0 radical (unpaired) electrons. The van der Waals surface area contributed by atoms with E-state index in [-0.39, 0.29) is 151 Å². The summed E-state index contributed by atoms with van der Waals surface area (Å²) in [6, 6.07) is 11.2. The molecule has 4 aliphatic rings. The van der Waals surface area contributed by atoms with Crippen LogP contribution in [-0.4, -0.2) is 125 Å². The molecule has 2 aromatic heterocycles. The molecule has 4 aromatic rings. The molecule has 3 aliphatic heterocycles. The van der Waals surface area contributed by atoms with Crippen LogP contribution in [0.1, 0.15) is 110 Å². The number of amides is 6. The van der Waals surface area contributed by atoms with Gasteiger partial charge in [0.25, 0.3) is 5.56 Å². The minimum absolute atomic E-state index is 0.000198. The highest BCUT2D eigenvalue weighted by Crippen LogP contribution is 2.46. The summed E-state index contributed by atoms with van der Waals surface area (Å²) in [5, 5.41) is 23.0. The average molecular weight is 1080 g/mol. The Bertz CT molecular complexity index is 3130. The van der Waals surface area contributed by atoms with Gasteiger partial charge in [-0.05, 0) is 60.9 Å². The number of carbonyl (C=O) groups excluding carboxylic acids is 9.